The van der Waals surface area contributed by atoms with E-state index in [1.807, 2.05) is 57.3 Å². The molecule has 5 fully saturated rings. The number of halogens is 1. The maximum absolute atomic E-state index is 13.3. The summed E-state index contributed by atoms with van der Waals surface area (Å²) >= 11 is 7.16. The number of imide groups is 1. The fraction of sp³-hybridized carbons (Fsp3) is 0.452. The van der Waals surface area contributed by atoms with E-state index in [0.717, 1.165) is 86.1 Å². The summed E-state index contributed by atoms with van der Waals surface area (Å²) < 4.78 is 0. The fourth-order valence-corrected chi connectivity index (χ4v) is 10.3. The second-order valence-corrected chi connectivity index (χ2v) is 17.3. The number of para-hydroxylation sites is 1. The zero-order valence-corrected chi connectivity index (χ0v) is 34.6. The van der Waals surface area contributed by atoms with Crippen molar-refractivity contribution < 1.29 is 19.2 Å². The van der Waals surface area contributed by atoms with Crippen LogP contribution >= 0.6 is 22.9 Å². The van der Waals surface area contributed by atoms with Crippen LogP contribution in [0, 0.1) is 13.8 Å². The Bertz CT molecular complexity index is 2160. The van der Waals surface area contributed by atoms with E-state index in [4.69, 9.17) is 16.6 Å². The van der Waals surface area contributed by atoms with Crippen LogP contribution in [0.25, 0.3) is 0 Å². The Balaban J connectivity index is 0.000000412. The SMILES string of the molecule is CNc1c(C)cccc1Cl.Cc1nc(Nc2ncc(C=O)s2)cc(N2CC3CC2CN3CCCC(=O)N2CC3CC2CN3c2ccc(C3CCC(=O)NC3=O)cc2)n1. The fourth-order valence-electron chi connectivity index (χ4n) is 9.30. The van der Waals surface area contributed by atoms with Crippen molar-refractivity contribution in [3.05, 3.63) is 81.6 Å². The number of hydrogen-bond donors (Lipinski definition) is 3. The minimum atomic E-state index is -0.275. The number of thiazole rings is 1. The van der Waals surface area contributed by atoms with Crippen LogP contribution in [0.2, 0.25) is 5.02 Å². The summed E-state index contributed by atoms with van der Waals surface area (Å²) in [6.07, 6.45) is 6.79. The van der Waals surface area contributed by atoms with E-state index in [0.29, 0.717) is 59.0 Å². The molecule has 5 aliphatic heterocycles. The van der Waals surface area contributed by atoms with E-state index in [1.54, 1.807) is 6.20 Å². The number of aryl methyl sites for hydroxylation is 2. The molecule has 0 aliphatic carbocycles. The van der Waals surface area contributed by atoms with Crippen molar-refractivity contribution in [1.29, 1.82) is 0 Å². The molecule has 16 heteroatoms. The van der Waals surface area contributed by atoms with Gasteiger partial charge in [-0.1, -0.05) is 47.2 Å². The van der Waals surface area contributed by atoms with Crippen LogP contribution < -0.4 is 25.8 Å². The Hall–Kier alpha value is -5.12. The van der Waals surface area contributed by atoms with Crippen molar-refractivity contribution in [3.8, 4) is 0 Å². The predicted molar refractivity (Wildman–Crippen MR) is 226 cm³/mol. The second kappa shape index (κ2) is 17.0. The number of aldehydes is 1. The largest absolute Gasteiger partial charge is 0.387 e. The van der Waals surface area contributed by atoms with E-state index in [1.165, 1.54) is 16.9 Å². The molecule has 9 rings (SSSR count). The maximum Gasteiger partial charge on any atom is 0.234 e. The molecule has 2 aromatic carbocycles. The van der Waals surface area contributed by atoms with Gasteiger partial charge in [-0.05, 0) is 75.4 Å². The molecule has 4 bridgehead atoms. The Morgan fingerprint density at radius 2 is 1.76 bits per heavy atom. The average molecular weight is 825 g/mol. The lowest BCUT2D eigenvalue weighted by Gasteiger charge is -2.36. The molecular formula is C42H49ClN10O4S. The number of piperazine rings is 2. The summed E-state index contributed by atoms with van der Waals surface area (Å²) in [5.74, 6) is 1.84. The maximum atomic E-state index is 13.3. The molecule has 0 radical (unpaired) electrons. The standard InChI is InChI=1S/C34H39N9O4S.C8H10ClN/c1-20-36-29(38-34-35-14-27(19-44)48-34)13-30(37-20)42-16-23-11-24(42)15-40(23)10-2-3-32(46)43-18-25-12-26(43)17-41(25)22-6-4-21(5-7-22)28-8-9-31(45)39-33(28)47;1-6-4-3-5-7(9)8(6)10-2/h4-7,13-14,19,23-26,28H,2-3,8-12,15-18H2,1H3,(H,39,45,47)(H,35,36,37,38);3-5,10H,1-2H3. The molecule has 2 aromatic heterocycles. The van der Waals surface area contributed by atoms with Crippen molar-refractivity contribution in [3.63, 3.8) is 0 Å². The number of amides is 3. The summed E-state index contributed by atoms with van der Waals surface area (Å²) in [6.45, 7) is 8.30. The number of nitrogens with zero attached hydrogens (tertiary/aromatic N) is 7. The summed E-state index contributed by atoms with van der Waals surface area (Å²) in [6, 6.07) is 17.4. The number of benzene rings is 2. The number of likely N-dealkylation sites (tertiary alicyclic amines) is 2. The van der Waals surface area contributed by atoms with Gasteiger partial charge in [-0.15, -0.1) is 0 Å². The first-order valence-electron chi connectivity index (χ1n) is 20.0. The van der Waals surface area contributed by atoms with Crippen LogP contribution in [-0.2, 0) is 14.4 Å². The molecule has 0 spiro atoms. The molecule has 0 saturated carbocycles. The topological polar surface area (TPSA) is 156 Å². The molecule has 14 nitrogen and oxygen atoms in total. The van der Waals surface area contributed by atoms with Crippen molar-refractivity contribution in [2.24, 2.45) is 0 Å². The summed E-state index contributed by atoms with van der Waals surface area (Å²) in [4.78, 5) is 71.6. The summed E-state index contributed by atoms with van der Waals surface area (Å²) in [5.41, 5.74) is 4.26. The highest BCUT2D eigenvalue weighted by molar-refractivity contribution is 7.17. The van der Waals surface area contributed by atoms with Gasteiger partial charge in [0, 0.05) is 75.9 Å². The van der Waals surface area contributed by atoms with Crippen molar-refractivity contribution in [1.82, 2.24) is 30.1 Å². The third-order valence-electron chi connectivity index (χ3n) is 12.1. The van der Waals surface area contributed by atoms with Gasteiger partial charge >= 0.3 is 0 Å². The summed E-state index contributed by atoms with van der Waals surface area (Å²) in [7, 11) is 1.87. The molecule has 304 valence electrons. The molecule has 5 aliphatic rings. The zero-order chi connectivity index (χ0) is 40.5. The molecule has 4 aromatic rings. The number of aromatic nitrogens is 3. The number of hydrogen-bond acceptors (Lipinski definition) is 13. The number of piperidine rings is 1. The Morgan fingerprint density at radius 1 is 0.983 bits per heavy atom. The van der Waals surface area contributed by atoms with Gasteiger partial charge in [0.25, 0.3) is 0 Å². The van der Waals surface area contributed by atoms with Crippen LogP contribution in [0.4, 0.5) is 28.1 Å². The lowest BCUT2D eigenvalue weighted by molar-refractivity contribution is -0.134. The van der Waals surface area contributed by atoms with Gasteiger partial charge in [0.1, 0.15) is 17.5 Å². The van der Waals surface area contributed by atoms with E-state index in [-0.39, 0.29) is 29.7 Å². The van der Waals surface area contributed by atoms with Crippen LogP contribution in [0.3, 0.4) is 0 Å². The quantitative estimate of drug-likeness (QED) is 0.129. The van der Waals surface area contributed by atoms with Gasteiger partial charge in [0.15, 0.2) is 11.4 Å². The smallest absolute Gasteiger partial charge is 0.234 e. The lowest BCUT2D eigenvalue weighted by Crippen LogP contribution is -2.49. The van der Waals surface area contributed by atoms with Crippen molar-refractivity contribution in [2.45, 2.75) is 82.5 Å². The van der Waals surface area contributed by atoms with Crippen molar-refractivity contribution >= 4 is 75.1 Å². The van der Waals surface area contributed by atoms with Gasteiger partial charge in [-0.25, -0.2) is 15.0 Å². The van der Waals surface area contributed by atoms with Crippen LogP contribution in [0.1, 0.15) is 71.1 Å². The van der Waals surface area contributed by atoms with Gasteiger partial charge in [0.05, 0.1) is 33.7 Å². The second-order valence-electron chi connectivity index (χ2n) is 15.8. The monoisotopic (exact) mass is 824 g/mol. The Labute approximate surface area is 347 Å². The van der Waals surface area contributed by atoms with Gasteiger partial charge in [-0.2, -0.15) is 0 Å². The molecule has 58 heavy (non-hydrogen) atoms. The number of anilines is 5. The third kappa shape index (κ3) is 8.38. The highest BCUT2D eigenvalue weighted by atomic mass is 35.5. The molecule has 3 amide bonds. The molecule has 5 saturated heterocycles. The van der Waals surface area contributed by atoms with E-state index < -0.39 is 0 Å². The van der Waals surface area contributed by atoms with Crippen LogP contribution in [0.15, 0.2) is 54.7 Å². The Kier molecular flexibility index (Phi) is 11.6. The third-order valence-corrected chi connectivity index (χ3v) is 13.2. The van der Waals surface area contributed by atoms with Gasteiger partial charge < -0.3 is 25.3 Å². The first-order valence-corrected chi connectivity index (χ1v) is 21.2. The number of carbonyl (C=O) groups is 4. The van der Waals surface area contributed by atoms with Crippen LogP contribution in [-0.4, -0.2) is 113 Å². The zero-order valence-electron chi connectivity index (χ0n) is 33.0. The molecule has 7 heterocycles. The van der Waals surface area contributed by atoms with Crippen LogP contribution in [0.5, 0.6) is 0 Å². The molecule has 5 atom stereocenters. The van der Waals surface area contributed by atoms with E-state index in [9.17, 15) is 19.2 Å². The van der Waals surface area contributed by atoms with Gasteiger partial charge in [-0.3, -0.25) is 29.4 Å². The number of carbonyl (C=O) groups excluding carboxylic acids is 4. The first-order chi connectivity index (χ1) is 28.1. The number of nitrogens with one attached hydrogen (secondary N) is 3. The minimum absolute atomic E-state index is 0.196. The average Bonchev–Trinajstić information content (AvgIpc) is 4.06. The van der Waals surface area contributed by atoms with E-state index >= 15 is 0 Å². The van der Waals surface area contributed by atoms with Crippen molar-refractivity contribution in [2.75, 3.05) is 60.2 Å². The molecular weight excluding hydrogens is 776 g/mol. The normalized spacial score (nSPS) is 23.5. The number of rotatable bonds is 11. The highest BCUT2D eigenvalue weighted by Gasteiger charge is 2.46. The first kappa shape index (κ1) is 39.7. The molecule has 3 N–H and O–H groups in total. The lowest BCUT2D eigenvalue weighted by atomic mass is 9.90. The van der Waals surface area contributed by atoms with Gasteiger partial charge in [0.2, 0.25) is 17.7 Å². The minimum Gasteiger partial charge on any atom is -0.387 e. The predicted octanol–water partition coefficient (Wildman–Crippen LogP) is 5.54. The molecule has 5 unspecified atom stereocenters. The Morgan fingerprint density at radius 3 is 2.41 bits per heavy atom. The van der Waals surface area contributed by atoms with E-state index in [2.05, 4.69) is 57.7 Å². The summed E-state index contributed by atoms with van der Waals surface area (Å²) in [5, 5.41) is 10.1. The highest BCUT2D eigenvalue weighted by Crippen LogP contribution is 2.38. The number of fused-ring (bicyclic) bond motifs is 4.